The second kappa shape index (κ2) is 6.62. The molecule has 0 fully saturated rings. The summed E-state index contributed by atoms with van der Waals surface area (Å²) in [5, 5.41) is 9.02. The fourth-order valence-corrected chi connectivity index (χ4v) is 1.40. The van der Waals surface area contributed by atoms with Gasteiger partial charge in [-0.3, -0.25) is 9.89 Å². The van der Waals surface area contributed by atoms with Gasteiger partial charge in [-0.1, -0.05) is 0 Å². The number of aromatic nitrogens is 4. The van der Waals surface area contributed by atoms with Crippen molar-refractivity contribution in [3.05, 3.63) is 30.0 Å². The van der Waals surface area contributed by atoms with Crippen LogP contribution in [0.25, 0.3) is 0 Å². The molecule has 0 aromatic carbocycles. The van der Waals surface area contributed by atoms with Gasteiger partial charge in [0.25, 0.3) is 5.91 Å². The summed E-state index contributed by atoms with van der Waals surface area (Å²) in [6.07, 6.45) is 1.50. The van der Waals surface area contributed by atoms with E-state index < -0.39 is 5.91 Å². The van der Waals surface area contributed by atoms with Gasteiger partial charge in [0, 0.05) is 13.2 Å². The van der Waals surface area contributed by atoms with Gasteiger partial charge in [0.05, 0.1) is 18.5 Å². The molecule has 2 rings (SSSR count). The minimum Gasteiger partial charge on any atom is -0.475 e. The van der Waals surface area contributed by atoms with Gasteiger partial charge in [-0.2, -0.15) is 0 Å². The first-order chi connectivity index (χ1) is 9.69. The number of methoxy groups -OCH3 is 1. The minimum absolute atomic E-state index is 0.0860. The Morgan fingerprint density at radius 1 is 1.40 bits per heavy atom. The van der Waals surface area contributed by atoms with Crippen molar-refractivity contribution in [2.75, 3.05) is 25.6 Å². The average molecular weight is 277 g/mol. The standard InChI is InChI=1S/C12H15N5O3/c1-8-14-11(17-16-8)12(18)15-9-3-4-10(13-7-9)20-6-5-19-2/h3-4,7H,5-6H2,1-2H3,(H,15,18)(H,14,16,17). The molecule has 8 nitrogen and oxygen atoms in total. The number of rotatable bonds is 6. The van der Waals surface area contributed by atoms with Gasteiger partial charge in [0.1, 0.15) is 12.4 Å². The van der Waals surface area contributed by atoms with E-state index in [9.17, 15) is 4.79 Å². The van der Waals surface area contributed by atoms with E-state index in [1.54, 1.807) is 26.2 Å². The van der Waals surface area contributed by atoms with Gasteiger partial charge in [0.15, 0.2) is 0 Å². The SMILES string of the molecule is COCCOc1ccc(NC(=O)c2n[nH]c(C)n2)cn1. The molecule has 0 aliphatic carbocycles. The summed E-state index contributed by atoms with van der Waals surface area (Å²) in [6.45, 7) is 2.63. The topological polar surface area (TPSA) is 102 Å². The normalized spacial score (nSPS) is 10.3. The Labute approximate surface area is 115 Å². The first-order valence-electron chi connectivity index (χ1n) is 5.97. The number of aromatic amines is 1. The first-order valence-corrected chi connectivity index (χ1v) is 5.97. The average Bonchev–Trinajstić information content (AvgIpc) is 2.88. The maximum atomic E-state index is 11.8. The van der Waals surface area contributed by atoms with Crippen molar-refractivity contribution in [1.29, 1.82) is 0 Å². The molecule has 0 saturated heterocycles. The van der Waals surface area contributed by atoms with Crippen LogP contribution in [0.4, 0.5) is 5.69 Å². The molecule has 2 heterocycles. The number of carbonyl (C=O) groups is 1. The molecule has 106 valence electrons. The van der Waals surface area contributed by atoms with Crippen LogP contribution in [0.15, 0.2) is 18.3 Å². The second-order valence-electron chi connectivity index (χ2n) is 3.92. The lowest BCUT2D eigenvalue weighted by molar-refractivity contribution is 0.101. The van der Waals surface area contributed by atoms with Crippen molar-refractivity contribution in [2.45, 2.75) is 6.92 Å². The smallest absolute Gasteiger partial charge is 0.295 e. The molecule has 20 heavy (non-hydrogen) atoms. The molecular weight excluding hydrogens is 262 g/mol. The number of H-pyrrole nitrogens is 1. The highest BCUT2D eigenvalue weighted by Gasteiger charge is 2.11. The number of aryl methyl sites for hydroxylation is 1. The van der Waals surface area contributed by atoms with E-state index in [1.807, 2.05) is 0 Å². The molecule has 2 aromatic rings. The summed E-state index contributed by atoms with van der Waals surface area (Å²) in [5.74, 6) is 0.732. The molecule has 0 aliphatic rings. The zero-order valence-electron chi connectivity index (χ0n) is 11.2. The van der Waals surface area contributed by atoms with Crippen LogP contribution in [0, 0.1) is 6.92 Å². The van der Waals surface area contributed by atoms with Crippen LogP contribution in [-0.2, 0) is 4.74 Å². The van der Waals surface area contributed by atoms with E-state index in [1.165, 1.54) is 6.20 Å². The second-order valence-corrected chi connectivity index (χ2v) is 3.92. The predicted octanol–water partition coefficient (Wildman–Crippen LogP) is 0.786. The third kappa shape index (κ3) is 3.75. The van der Waals surface area contributed by atoms with Gasteiger partial charge < -0.3 is 14.8 Å². The third-order valence-corrected chi connectivity index (χ3v) is 2.33. The van der Waals surface area contributed by atoms with Crippen LogP contribution in [0.1, 0.15) is 16.4 Å². The lowest BCUT2D eigenvalue weighted by Crippen LogP contribution is -2.14. The zero-order valence-corrected chi connectivity index (χ0v) is 11.2. The summed E-state index contributed by atoms with van der Waals surface area (Å²) in [6, 6.07) is 3.35. The number of carbonyl (C=O) groups excluding carboxylic acids is 1. The number of nitrogens with zero attached hydrogens (tertiary/aromatic N) is 3. The lowest BCUT2D eigenvalue weighted by Gasteiger charge is -2.06. The Morgan fingerprint density at radius 2 is 2.25 bits per heavy atom. The van der Waals surface area contributed by atoms with Gasteiger partial charge in [-0.15, -0.1) is 5.10 Å². The van der Waals surface area contributed by atoms with Crippen molar-refractivity contribution in [3.63, 3.8) is 0 Å². The van der Waals surface area contributed by atoms with Gasteiger partial charge >= 0.3 is 0 Å². The van der Waals surface area contributed by atoms with Crippen LogP contribution >= 0.6 is 0 Å². The van der Waals surface area contributed by atoms with Crippen molar-refractivity contribution in [1.82, 2.24) is 20.2 Å². The molecule has 0 bridgehead atoms. The molecule has 0 unspecified atom stereocenters. The summed E-state index contributed by atoms with van der Waals surface area (Å²) in [7, 11) is 1.60. The maximum absolute atomic E-state index is 11.8. The summed E-state index contributed by atoms with van der Waals surface area (Å²) in [5.41, 5.74) is 0.538. The lowest BCUT2D eigenvalue weighted by atomic mass is 10.4. The molecule has 0 spiro atoms. The number of hydrogen-bond acceptors (Lipinski definition) is 6. The maximum Gasteiger partial charge on any atom is 0.295 e. The highest BCUT2D eigenvalue weighted by atomic mass is 16.5. The summed E-state index contributed by atoms with van der Waals surface area (Å²) < 4.78 is 10.2. The van der Waals surface area contributed by atoms with Crippen molar-refractivity contribution >= 4 is 11.6 Å². The van der Waals surface area contributed by atoms with E-state index in [0.29, 0.717) is 30.6 Å². The highest BCUT2D eigenvalue weighted by Crippen LogP contribution is 2.12. The zero-order chi connectivity index (χ0) is 14.4. The van der Waals surface area contributed by atoms with E-state index in [0.717, 1.165) is 0 Å². The number of nitrogens with one attached hydrogen (secondary N) is 2. The molecule has 2 N–H and O–H groups in total. The number of hydrogen-bond donors (Lipinski definition) is 2. The van der Waals surface area contributed by atoms with Crippen molar-refractivity contribution < 1.29 is 14.3 Å². The van der Waals surface area contributed by atoms with Gasteiger partial charge in [-0.25, -0.2) is 9.97 Å². The fourth-order valence-electron chi connectivity index (χ4n) is 1.40. The summed E-state index contributed by atoms with van der Waals surface area (Å²) in [4.78, 5) is 19.8. The predicted molar refractivity (Wildman–Crippen MR) is 70.7 cm³/mol. The fraction of sp³-hybridized carbons (Fsp3) is 0.333. The number of amides is 1. The molecule has 1 amide bonds. The van der Waals surface area contributed by atoms with Crippen LogP contribution in [0.2, 0.25) is 0 Å². The number of pyridine rings is 1. The molecule has 0 atom stereocenters. The van der Waals surface area contributed by atoms with Crippen LogP contribution < -0.4 is 10.1 Å². The van der Waals surface area contributed by atoms with E-state index in [2.05, 4.69) is 25.5 Å². The molecule has 2 aromatic heterocycles. The van der Waals surface area contributed by atoms with Crippen LogP contribution in [0.5, 0.6) is 5.88 Å². The Balaban J connectivity index is 1.91. The Kier molecular flexibility index (Phi) is 4.61. The molecule has 0 aliphatic heterocycles. The van der Waals surface area contributed by atoms with Crippen LogP contribution in [-0.4, -0.2) is 46.4 Å². The van der Waals surface area contributed by atoms with Gasteiger partial charge in [-0.05, 0) is 13.0 Å². The summed E-state index contributed by atoms with van der Waals surface area (Å²) >= 11 is 0. The molecular formula is C12H15N5O3. The van der Waals surface area contributed by atoms with Gasteiger partial charge in [0.2, 0.25) is 11.7 Å². The Bertz CT molecular complexity index is 567. The first kappa shape index (κ1) is 13.9. The monoisotopic (exact) mass is 277 g/mol. The van der Waals surface area contributed by atoms with Crippen molar-refractivity contribution in [2.24, 2.45) is 0 Å². The van der Waals surface area contributed by atoms with E-state index in [-0.39, 0.29) is 5.82 Å². The van der Waals surface area contributed by atoms with E-state index in [4.69, 9.17) is 9.47 Å². The number of anilines is 1. The van der Waals surface area contributed by atoms with Crippen LogP contribution in [0.3, 0.4) is 0 Å². The van der Waals surface area contributed by atoms with E-state index >= 15 is 0 Å². The number of ether oxygens (including phenoxy) is 2. The quantitative estimate of drug-likeness (QED) is 0.757. The Hall–Kier alpha value is -2.48. The molecule has 0 saturated carbocycles. The third-order valence-electron chi connectivity index (χ3n) is 2.33. The Morgan fingerprint density at radius 3 is 2.85 bits per heavy atom. The molecule has 0 radical (unpaired) electrons. The molecule has 8 heteroatoms. The largest absolute Gasteiger partial charge is 0.475 e. The van der Waals surface area contributed by atoms with Crippen molar-refractivity contribution in [3.8, 4) is 5.88 Å². The minimum atomic E-state index is -0.399. The highest BCUT2D eigenvalue weighted by molar-refractivity contribution is 6.01.